The van der Waals surface area contributed by atoms with Crippen LogP contribution in [0.5, 0.6) is 0 Å². The molecule has 1 amide bonds. The van der Waals surface area contributed by atoms with Gasteiger partial charge in [-0.3, -0.25) is 4.79 Å². The van der Waals surface area contributed by atoms with Crippen LogP contribution in [0.4, 0.5) is 4.39 Å². The second-order valence-corrected chi connectivity index (χ2v) is 9.07. The normalized spacial score (nSPS) is 11.8. The molecule has 0 saturated carbocycles. The minimum atomic E-state index is -3.62. The molecule has 3 rings (SSSR count). The van der Waals surface area contributed by atoms with Crippen LogP contribution >= 0.6 is 0 Å². The maximum absolute atomic E-state index is 13.2. The van der Waals surface area contributed by atoms with Crippen LogP contribution in [0.15, 0.2) is 59.5 Å². The van der Waals surface area contributed by atoms with Crippen LogP contribution in [0.3, 0.4) is 0 Å². The number of aryl methyl sites for hydroxylation is 2. The van der Waals surface area contributed by atoms with Crippen LogP contribution in [0, 0.1) is 26.6 Å². The SMILES string of the molecule is Cc1ccc(S(=O)(=O)NCCNC(=O)/C=C/c2c(C)nn(-c3ccc(F)cc3)c2C)cc1. The van der Waals surface area contributed by atoms with Crippen molar-refractivity contribution in [2.45, 2.75) is 25.7 Å². The Bertz CT molecular complexity index is 1230. The highest BCUT2D eigenvalue weighted by molar-refractivity contribution is 7.89. The van der Waals surface area contributed by atoms with Gasteiger partial charge >= 0.3 is 0 Å². The van der Waals surface area contributed by atoms with Gasteiger partial charge in [0.1, 0.15) is 5.82 Å². The largest absolute Gasteiger partial charge is 0.351 e. The number of nitrogens with zero attached hydrogens (tertiary/aromatic N) is 2. The summed E-state index contributed by atoms with van der Waals surface area (Å²) in [7, 11) is -3.62. The summed E-state index contributed by atoms with van der Waals surface area (Å²) in [6, 6.07) is 12.5. The highest BCUT2D eigenvalue weighted by Gasteiger charge is 2.13. The summed E-state index contributed by atoms with van der Waals surface area (Å²) in [4.78, 5) is 12.3. The average molecular weight is 457 g/mol. The van der Waals surface area contributed by atoms with Crippen LogP contribution in [0.1, 0.15) is 22.5 Å². The van der Waals surface area contributed by atoms with Gasteiger partial charge < -0.3 is 5.32 Å². The lowest BCUT2D eigenvalue weighted by Crippen LogP contribution is -2.34. The predicted molar refractivity (Wildman–Crippen MR) is 121 cm³/mol. The molecule has 1 heterocycles. The van der Waals surface area contributed by atoms with Crippen molar-refractivity contribution in [2.24, 2.45) is 0 Å². The first-order valence-corrected chi connectivity index (χ1v) is 11.5. The molecular formula is C23H25FN4O3S. The molecule has 2 N–H and O–H groups in total. The van der Waals surface area contributed by atoms with E-state index in [-0.39, 0.29) is 29.7 Å². The lowest BCUT2D eigenvalue weighted by molar-refractivity contribution is -0.116. The summed E-state index contributed by atoms with van der Waals surface area (Å²) in [5, 5.41) is 7.11. The maximum atomic E-state index is 13.2. The molecule has 0 radical (unpaired) electrons. The number of carbonyl (C=O) groups is 1. The number of sulfonamides is 1. The molecule has 0 aliphatic heterocycles. The highest BCUT2D eigenvalue weighted by atomic mass is 32.2. The van der Waals surface area contributed by atoms with Crippen molar-refractivity contribution in [3.63, 3.8) is 0 Å². The van der Waals surface area contributed by atoms with Crippen molar-refractivity contribution in [1.29, 1.82) is 0 Å². The first kappa shape index (κ1) is 23.4. The number of hydrogen-bond acceptors (Lipinski definition) is 4. The number of carbonyl (C=O) groups excluding carboxylic acids is 1. The Kier molecular flexibility index (Phi) is 7.22. The number of hydrogen-bond donors (Lipinski definition) is 2. The smallest absolute Gasteiger partial charge is 0.244 e. The van der Waals surface area contributed by atoms with Crippen LogP contribution in [0.25, 0.3) is 11.8 Å². The third-order valence-corrected chi connectivity index (χ3v) is 6.34. The topological polar surface area (TPSA) is 93.1 Å². The van der Waals surface area contributed by atoms with E-state index in [2.05, 4.69) is 15.1 Å². The van der Waals surface area contributed by atoms with E-state index in [1.54, 1.807) is 35.0 Å². The van der Waals surface area contributed by atoms with Crippen molar-refractivity contribution >= 4 is 22.0 Å². The number of benzene rings is 2. The number of halogens is 1. The fraction of sp³-hybridized carbons (Fsp3) is 0.217. The Morgan fingerprint density at radius 3 is 2.34 bits per heavy atom. The van der Waals surface area contributed by atoms with Crippen molar-refractivity contribution < 1.29 is 17.6 Å². The average Bonchev–Trinajstić information content (AvgIpc) is 3.04. The Labute approximate surface area is 187 Å². The van der Waals surface area contributed by atoms with E-state index in [0.717, 1.165) is 28.2 Å². The third-order valence-electron chi connectivity index (χ3n) is 4.87. The van der Waals surface area contributed by atoms with Crippen molar-refractivity contribution in [3.8, 4) is 5.69 Å². The first-order valence-electron chi connectivity index (χ1n) is 10.0. The van der Waals surface area contributed by atoms with E-state index < -0.39 is 10.0 Å². The molecule has 0 aliphatic rings. The molecule has 0 bridgehead atoms. The fourth-order valence-corrected chi connectivity index (χ4v) is 4.15. The molecule has 0 aliphatic carbocycles. The molecule has 3 aromatic rings. The quantitative estimate of drug-likeness (QED) is 0.403. The molecule has 9 heteroatoms. The Balaban J connectivity index is 1.55. The van der Waals surface area contributed by atoms with Gasteiger partial charge in [-0.1, -0.05) is 17.7 Å². The Hall–Kier alpha value is -3.30. The monoisotopic (exact) mass is 456 g/mol. The Morgan fingerprint density at radius 2 is 1.69 bits per heavy atom. The van der Waals surface area contributed by atoms with Gasteiger partial charge in [0.15, 0.2) is 0 Å². The maximum Gasteiger partial charge on any atom is 0.244 e. The van der Waals surface area contributed by atoms with E-state index in [1.807, 2.05) is 20.8 Å². The molecule has 0 saturated heterocycles. The van der Waals surface area contributed by atoms with Gasteiger partial charge in [-0.2, -0.15) is 5.10 Å². The Morgan fingerprint density at radius 1 is 1.03 bits per heavy atom. The molecular weight excluding hydrogens is 431 g/mol. The minimum absolute atomic E-state index is 0.0658. The van der Waals surface area contributed by atoms with Gasteiger partial charge in [0.2, 0.25) is 15.9 Å². The molecule has 32 heavy (non-hydrogen) atoms. The van der Waals surface area contributed by atoms with Gasteiger partial charge in [-0.15, -0.1) is 0 Å². The summed E-state index contributed by atoms with van der Waals surface area (Å²) >= 11 is 0. The molecule has 1 aromatic heterocycles. The molecule has 0 spiro atoms. The van der Waals surface area contributed by atoms with E-state index in [9.17, 15) is 17.6 Å². The van der Waals surface area contributed by atoms with Crippen LogP contribution in [-0.4, -0.2) is 37.2 Å². The van der Waals surface area contributed by atoms with Gasteiger partial charge in [0, 0.05) is 30.4 Å². The highest BCUT2D eigenvalue weighted by Crippen LogP contribution is 2.19. The number of aromatic nitrogens is 2. The van der Waals surface area contributed by atoms with Gasteiger partial charge in [-0.25, -0.2) is 22.2 Å². The predicted octanol–water partition coefficient (Wildman–Crippen LogP) is 3.04. The summed E-state index contributed by atoms with van der Waals surface area (Å²) in [6.07, 6.45) is 3.03. The zero-order valence-electron chi connectivity index (χ0n) is 18.1. The third kappa shape index (κ3) is 5.68. The van der Waals surface area contributed by atoms with E-state index in [1.165, 1.54) is 30.3 Å². The van der Waals surface area contributed by atoms with Crippen molar-refractivity contribution in [1.82, 2.24) is 19.8 Å². The standard InChI is InChI=1S/C23H25FN4O3S/c1-16-4-10-21(11-5-16)32(30,31)26-15-14-25-23(29)13-12-22-17(2)27-28(18(22)3)20-8-6-19(24)7-9-20/h4-13,26H,14-15H2,1-3H3,(H,25,29)/b13-12+. The second kappa shape index (κ2) is 9.88. The summed E-state index contributed by atoms with van der Waals surface area (Å²) in [6.45, 7) is 5.77. The number of rotatable bonds is 8. The number of amides is 1. The van der Waals surface area contributed by atoms with E-state index >= 15 is 0 Å². The molecule has 7 nitrogen and oxygen atoms in total. The first-order chi connectivity index (χ1) is 15.2. The lowest BCUT2D eigenvalue weighted by atomic mass is 10.2. The molecule has 168 valence electrons. The zero-order chi connectivity index (χ0) is 23.3. The lowest BCUT2D eigenvalue weighted by Gasteiger charge is -2.07. The van der Waals surface area contributed by atoms with E-state index in [4.69, 9.17) is 0 Å². The zero-order valence-corrected chi connectivity index (χ0v) is 18.9. The van der Waals surface area contributed by atoms with Crippen LogP contribution in [-0.2, 0) is 14.8 Å². The van der Waals surface area contributed by atoms with E-state index in [0.29, 0.717) is 0 Å². The summed E-state index contributed by atoms with van der Waals surface area (Å²) in [5.74, 6) is -0.680. The second-order valence-electron chi connectivity index (χ2n) is 7.31. The van der Waals surface area contributed by atoms with Gasteiger partial charge in [0.05, 0.1) is 16.3 Å². The summed E-state index contributed by atoms with van der Waals surface area (Å²) < 4.78 is 41.8. The molecule has 2 aromatic carbocycles. The van der Waals surface area contributed by atoms with Gasteiger partial charge in [0.25, 0.3) is 0 Å². The van der Waals surface area contributed by atoms with Crippen molar-refractivity contribution in [3.05, 3.63) is 82.9 Å². The molecule has 0 fully saturated rings. The van der Waals surface area contributed by atoms with Crippen molar-refractivity contribution in [2.75, 3.05) is 13.1 Å². The van der Waals surface area contributed by atoms with Crippen LogP contribution in [0.2, 0.25) is 0 Å². The minimum Gasteiger partial charge on any atom is -0.351 e. The fourth-order valence-electron chi connectivity index (χ4n) is 3.12. The summed E-state index contributed by atoms with van der Waals surface area (Å²) in [5.41, 5.74) is 4.00. The molecule has 0 atom stereocenters. The van der Waals surface area contributed by atoms with Crippen LogP contribution < -0.4 is 10.0 Å². The molecule has 0 unspecified atom stereocenters. The van der Waals surface area contributed by atoms with Gasteiger partial charge in [-0.05, 0) is 63.2 Å². The number of nitrogens with one attached hydrogen (secondary N) is 2.